The number of rotatable bonds is 0. The van der Waals surface area contributed by atoms with Crippen LogP contribution in [0, 0.1) is 11.8 Å². The highest BCUT2D eigenvalue weighted by Crippen LogP contribution is 2.47. The summed E-state index contributed by atoms with van der Waals surface area (Å²) in [5, 5.41) is 0. The Morgan fingerprint density at radius 2 is 1.07 bits per heavy atom. The minimum absolute atomic E-state index is 0. The Hall–Kier alpha value is 0.830. The highest BCUT2D eigenvalue weighted by molar-refractivity contribution is 8.00. The van der Waals surface area contributed by atoms with Crippen molar-refractivity contribution < 1.29 is 9.47 Å². The summed E-state index contributed by atoms with van der Waals surface area (Å²) < 4.78 is 12.3. The van der Waals surface area contributed by atoms with Crippen molar-refractivity contribution in [1.29, 1.82) is 0 Å². The lowest BCUT2D eigenvalue weighted by molar-refractivity contribution is -0.133. The maximum absolute atomic E-state index is 6.14. The number of ether oxygens (including phenoxy) is 2. The zero-order valence-electron chi connectivity index (χ0n) is 16.7. The van der Waals surface area contributed by atoms with Crippen LogP contribution in [-0.4, -0.2) is 82.6 Å². The molecule has 8 aliphatic rings. The molecule has 8 fully saturated rings. The van der Waals surface area contributed by atoms with Crippen LogP contribution in [0.5, 0.6) is 0 Å². The third-order valence-electron chi connectivity index (χ3n) is 7.57. The van der Waals surface area contributed by atoms with Crippen LogP contribution in [0.1, 0.15) is 47.0 Å². The van der Waals surface area contributed by atoms with Crippen LogP contribution in [0.2, 0.25) is 0 Å². The van der Waals surface area contributed by atoms with Gasteiger partial charge in [-0.05, 0) is 77.5 Å². The Kier molecular flexibility index (Phi) is 7.66. The van der Waals surface area contributed by atoms with Crippen molar-refractivity contribution >= 4 is 35.9 Å². The van der Waals surface area contributed by atoms with Crippen LogP contribution in [0.25, 0.3) is 0 Å². The van der Waals surface area contributed by atoms with Gasteiger partial charge in [-0.2, -0.15) is 0 Å². The third kappa shape index (κ3) is 4.26. The molecule has 0 N–H and O–H groups in total. The summed E-state index contributed by atoms with van der Waals surface area (Å²) in [4.78, 5) is 5.16. The summed E-state index contributed by atoms with van der Waals surface area (Å²) in [6, 6.07) is 0. The Labute approximate surface area is 186 Å². The van der Waals surface area contributed by atoms with Crippen molar-refractivity contribution in [3.8, 4) is 0 Å². The molecule has 4 atom stereocenters. The van der Waals surface area contributed by atoms with E-state index in [0.717, 1.165) is 11.8 Å². The predicted molar refractivity (Wildman–Crippen MR) is 124 cm³/mol. The molecule has 0 aromatic rings. The molecule has 0 aliphatic carbocycles. The summed E-state index contributed by atoms with van der Waals surface area (Å²) in [7, 11) is 0. The lowest BCUT2D eigenvalue weighted by Gasteiger charge is -2.50. The van der Waals surface area contributed by atoms with Crippen LogP contribution in [0.3, 0.4) is 0 Å². The second kappa shape index (κ2) is 9.13. The van der Waals surface area contributed by atoms with Crippen molar-refractivity contribution in [2.75, 3.05) is 50.8 Å². The van der Waals surface area contributed by atoms with E-state index in [9.17, 15) is 0 Å². The first-order valence-corrected chi connectivity index (χ1v) is 12.7. The van der Waals surface area contributed by atoms with Crippen molar-refractivity contribution in [2.45, 2.75) is 69.0 Å². The minimum atomic E-state index is 0. The monoisotopic (exact) mass is 450 g/mol. The second-order valence-corrected chi connectivity index (χ2v) is 11.8. The van der Waals surface area contributed by atoms with Gasteiger partial charge in [0.05, 0.1) is 11.2 Å². The van der Waals surface area contributed by atoms with Crippen LogP contribution in [0.15, 0.2) is 0 Å². The summed E-state index contributed by atoms with van der Waals surface area (Å²) in [5.74, 6) is 4.18. The number of piperidine rings is 6. The molecule has 8 rings (SSSR count). The molecule has 0 unspecified atom stereocenters. The van der Waals surface area contributed by atoms with E-state index in [1.165, 1.54) is 76.5 Å². The van der Waals surface area contributed by atoms with Gasteiger partial charge in [0, 0.05) is 24.6 Å². The number of thioether (sulfide) groups is 2. The molecule has 8 saturated heterocycles. The first-order chi connectivity index (χ1) is 12.6. The first kappa shape index (κ1) is 23.5. The van der Waals surface area contributed by atoms with Crippen LogP contribution in [0.4, 0.5) is 0 Å². The van der Waals surface area contributed by atoms with Crippen molar-refractivity contribution in [1.82, 2.24) is 9.80 Å². The maximum atomic E-state index is 6.14. The van der Waals surface area contributed by atoms with Gasteiger partial charge in [0.25, 0.3) is 0 Å². The molecule has 2 spiro atoms. The van der Waals surface area contributed by atoms with E-state index in [-0.39, 0.29) is 31.0 Å². The van der Waals surface area contributed by atoms with E-state index in [0.29, 0.717) is 10.9 Å². The highest BCUT2D eigenvalue weighted by Gasteiger charge is 2.52. The Balaban J connectivity index is 0.000000150. The predicted octanol–water partition coefficient (Wildman–Crippen LogP) is 4.18. The normalized spacial score (nSPS) is 50.8. The summed E-state index contributed by atoms with van der Waals surface area (Å²) in [5.41, 5.74) is 1.36. The first-order valence-electron chi connectivity index (χ1n) is 10.6. The fourth-order valence-corrected chi connectivity index (χ4v) is 8.50. The van der Waals surface area contributed by atoms with Crippen LogP contribution in [-0.2, 0) is 9.47 Å². The fraction of sp³-hybridized carbons (Fsp3) is 1.00. The molecule has 164 valence electrons. The van der Waals surface area contributed by atoms with E-state index in [2.05, 4.69) is 23.6 Å². The number of fused-ring (bicyclic) bond motifs is 4. The van der Waals surface area contributed by atoms with Gasteiger partial charge in [-0.1, -0.05) is 7.43 Å². The summed E-state index contributed by atoms with van der Waals surface area (Å²) in [6.07, 6.45) is 5.47. The molecular formula is C21H39ClN2O2S2. The molecule has 0 radical (unpaired) electrons. The van der Waals surface area contributed by atoms with E-state index >= 15 is 0 Å². The van der Waals surface area contributed by atoms with Crippen LogP contribution < -0.4 is 0 Å². The maximum Gasteiger partial charge on any atom is 0.101 e. The quantitative estimate of drug-likeness (QED) is 0.549. The van der Waals surface area contributed by atoms with E-state index < -0.39 is 0 Å². The Morgan fingerprint density at radius 3 is 1.29 bits per heavy atom. The van der Waals surface area contributed by atoms with E-state index in [1.807, 2.05) is 23.5 Å². The van der Waals surface area contributed by atoms with Gasteiger partial charge >= 0.3 is 0 Å². The van der Waals surface area contributed by atoms with Crippen molar-refractivity contribution in [3.63, 3.8) is 0 Å². The van der Waals surface area contributed by atoms with Gasteiger partial charge in [0.15, 0.2) is 0 Å². The van der Waals surface area contributed by atoms with Gasteiger partial charge < -0.3 is 19.3 Å². The molecule has 0 aromatic heterocycles. The molecule has 28 heavy (non-hydrogen) atoms. The van der Waals surface area contributed by atoms with E-state index in [4.69, 9.17) is 9.47 Å². The largest absolute Gasteiger partial charge is 0.359 e. The SMILES string of the molecule is C.C[C@@H]1O[C@@]2(CS1)CN1CCC2CC1.C[C@H]1O[C@]2(CS1)CN1CCC2CC1.Cl. The molecule has 4 nitrogen and oxygen atoms in total. The van der Waals surface area contributed by atoms with Crippen molar-refractivity contribution in [2.24, 2.45) is 11.8 Å². The summed E-state index contributed by atoms with van der Waals surface area (Å²) >= 11 is 3.99. The zero-order chi connectivity index (χ0) is 17.8. The average Bonchev–Trinajstić information content (AvgIpc) is 3.20. The lowest BCUT2D eigenvalue weighted by atomic mass is 9.76. The third-order valence-corrected chi connectivity index (χ3v) is 10.0. The molecule has 8 heterocycles. The molecule has 0 aromatic carbocycles. The molecule has 4 bridgehead atoms. The standard InChI is InChI=1S/2C10H17NOS.CH4.ClH/c2*1-8-12-10(7-13-8)6-11-4-2-9(10)3-5-11;;/h2*8-9H,2-7H2,1H3;1H4;1H/t2*8-,10-;;/m10../s1. The summed E-state index contributed by atoms with van der Waals surface area (Å²) in [6.45, 7) is 12.0. The molecule has 7 heteroatoms. The van der Waals surface area contributed by atoms with Gasteiger partial charge in [0.1, 0.15) is 10.9 Å². The number of nitrogens with zero attached hydrogens (tertiary/aromatic N) is 2. The highest BCUT2D eigenvalue weighted by atomic mass is 35.5. The number of hydrogen-bond acceptors (Lipinski definition) is 6. The molecule has 0 saturated carbocycles. The average molecular weight is 451 g/mol. The second-order valence-electron chi connectivity index (χ2n) is 9.22. The smallest absolute Gasteiger partial charge is 0.101 e. The Morgan fingerprint density at radius 1 is 0.714 bits per heavy atom. The van der Waals surface area contributed by atoms with Gasteiger partial charge in [0.2, 0.25) is 0 Å². The number of hydrogen-bond donors (Lipinski definition) is 0. The van der Waals surface area contributed by atoms with Crippen molar-refractivity contribution in [3.05, 3.63) is 0 Å². The van der Waals surface area contributed by atoms with Gasteiger partial charge in [-0.15, -0.1) is 35.9 Å². The minimum Gasteiger partial charge on any atom is -0.359 e. The Bertz CT molecular complexity index is 483. The van der Waals surface area contributed by atoms with Crippen LogP contribution >= 0.6 is 35.9 Å². The molecule has 0 amide bonds. The van der Waals surface area contributed by atoms with E-state index in [1.54, 1.807) is 0 Å². The molecular weight excluding hydrogens is 412 g/mol. The van der Waals surface area contributed by atoms with Gasteiger partial charge in [-0.3, -0.25) is 0 Å². The fourth-order valence-electron chi connectivity index (χ4n) is 6.16. The molecule has 8 aliphatic heterocycles. The number of halogens is 1. The van der Waals surface area contributed by atoms with Gasteiger partial charge in [-0.25, -0.2) is 0 Å². The zero-order valence-corrected chi connectivity index (χ0v) is 19.2. The topological polar surface area (TPSA) is 24.9 Å². The lowest BCUT2D eigenvalue weighted by Crippen LogP contribution is -2.60.